The molecule has 0 unspecified atom stereocenters. The number of halogens is 3. The second kappa shape index (κ2) is 17.6. The molecular formula is C29H32F3N2O3RhS-. The number of fused-ring (bicyclic) bond motifs is 2. The van der Waals surface area contributed by atoms with Crippen LogP contribution in [0.3, 0.4) is 0 Å². The van der Waals surface area contributed by atoms with Gasteiger partial charge in [-0.1, -0.05) is 92.7 Å². The topological polar surface area (TPSA) is 81.3 Å². The molecule has 5 radical (unpaired) electrons. The molecule has 39 heavy (non-hydrogen) atoms. The van der Waals surface area contributed by atoms with Crippen LogP contribution in [0.4, 0.5) is 13.2 Å². The zero-order valence-electron chi connectivity index (χ0n) is 21.7. The van der Waals surface area contributed by atoms with Crippen LogP contribution >= 0.6 is 0 Å². The summed E-state index contributed by atoms with van der Waals surface area (Å²) in [6.45, 7) is 8.56. The summed E-state index contributed by atoms with van der Waals surface area (Å²) in [5.74, 6) is 1.27. The Kier molecular flexibility index (Phi) is 15.7. The van der Waals surface area contributed by atoms with Gasteiger partial charge in [0.2, 0.25) is 0 Å². The van der Waals surface area contributed by atoms with Gasteiger partial charge in [0.25, 0.3) is 0 Å². The fraction of sp³-hybridized carbons (Fsp3) is 0.241. The molecular weight excluding hydrogens is 616 g/mol. The Morgan fingerprint density at radius 1 is 0.718 bits per heavy atom. The second-order valence-corrected chi connectivity index (χ2v) is 9.45. The van der Waals surface area contributed by atoms with Gasteiger partial charge in [-0.25, -0.2) is 8.42 Å². The number of likely N-dealkylation sites (N-methyl/N-ethyl adjacent to an activating group) is 2. The van der Waals surface area contributed by atoms with Gasteiger partial charge in [0.15, 0.2) is 10.1 Å². The van der Waals surface area contributed by atoms with Crippen molar-refractivity contribution >= 4 is 10.1 Å². The van der Waals surface area contributed by atoms with E-state index >= 15 is 0 Å². The zero-order chi connectivity index (χ0) is 28.0. The molecule has 4 rings (SSSR count). The van der Waals surface area contributed by atoms with E-state index in [1.165, 1.54) is 33.7 Å². The van der Waals surface area contributed by atoms with Crippen LogP contribution < -0.4 is 10.6 Å². The normalized spacial score (nSPS) is 13.1. The van der Waals surface area contributed by atoms with Crippen LogP contribution in [0.1, 0.15) is 41.7 Å². The molecule has 0 aliphatic heterocycles. The predicted molar refractivity (Wildman–Crippen MR) is 144 cm³/mol. The Bertz CT molecular complexity index is 1200. The molecule has 3 aromatic carbocycles. The number of hydrogen-bond acceptors (Lipinski definition) is 5. The Balaban J connectivity index is 0.000000375. The largest absolute Gasteiger partial charge is 0.741 e. The summed E-state index contributed by atoms with van der Waals surface area (Å²) in [7, 11) is -6.09. The summed E-state index contributed by atoms with van der Waals surface area (Å²) < 4.78 is 58.9. The molecule has 3 aromatic rings. The summed E-state index contributed by atoms with van der Waals surface area (Å²) in [5, 5.41) is 6.44. The van der Waals surface area contributed by atoms with Gasteiger partial charge in [-0.3, -0.25) is 0 Å². The van der Waals surface area contributed by atoms with Crippen molar-refractivity contribution in [2.24, 2.45) is 0 Å². The maximum atomic E-state index is 10.7. The van der Waals surface area contributed by atoms with Crippen LogP contribution in [-0.2, 0) is 29.6 Å². The zero-order valence-corrected chi connectivity index (χ0v) is 24.1. The molecule has 2 N–H and O–H groups in total. The van der Waals surface area contributed by atoms with Gasteiger partial charge in [-0.2, -0.15) is 13.2 Å². The third-order valence-electron chi connectivity index (χ3n) is 5.34. The summed E-state index contributed by atoms with van der Waals surface area (Å²) in [5.41, 5.74) is 0.650. The maximum Gasteiger partial charge on any atom is 0.485 e. The Morgan fingerprint density at radius 3 is 1.67 bits per heavy atom. The van der Waals surface area contributed by atoms with Crippen LogP contribution in [0.15, 0.2) is 78.9 Å². The minimum atomic E-state index is -6.09. The van der Waals surface area contributed by atoms with Gasteiger partial charge < -0.3 is 15.2 Å². The van der Waals surface area contributed by atoms with Crippen molar-refractivity contribution in [3.8, 4) is 0 Å². The fourth-order valence-corrected chi connectivity index (χ4v) is 3.48. The first-order valence-electron chi connectivity index (χ1n) is 12.2. The van der Waals surface area contributed by atoms with E-state index in [0.717, 1.165) is 26.2 Å². The molecule has 0 heterocycles. The van der Waals surface area contributed by atoms with Gasteiger partial charge in [0.05, 0.1) is 0 Å². The van der Waals surface area contributed by atoms with E-state index < -0.39 is 15.6 Å². The van der Waals surface area contributed by atoms with E-state index in [2.05, 4.69) is 123 Å². The first-order chi connectivity index (χ1) is 18.1. The van der Waals surface area contributed by atoms with E-state index in [1.807, 2.05) is 0 Å². The van der Waals surface area contributed by atoms with Crippen LogP contribution in [0.2, 0.25) is 0 Å². The first-order valence-corrected chi connectivity index (χ1v) is 13.6. The first kappa shape index (κ1) is 34.9. The molecule has 0 spiro atoms. The molecule has 0 amide bonds. The molecule has 0 bridgehead atoms. The number of rotatable bonds is 6. The molecule has 5 nitrogen and oxygen atoms in total. The van der Waals surface area contributed by atoms with Crippen LogP contribution in [0.5, 0.6) is 0 Å². The summed E-state index contributed by atoms with van der Waals surface area (Å²) in [6.07, 6.45) is 6.71. The summed E-state index contributed by atoms with van der Waals surface area (Å²) in [4.78, 5) is 0. The van der Waals surface area contributed by atoms with Crippen molar-refractivity contribution in [1.82, 2.24) is 10.6 Å². The summed E-state index contributed by atoms with van der Waals surface area (Å²) >= 11 is 0. The van der Waals surface area contributed by atoms with E-state index in [4.69, 9.17) is 13.0 Å². The standard InChI is InChI=1S/C22H16.C6H16N2.CHF3O3S.Rh/c1-2-9-18(10-3-1)22-16-20-12-5-4-8-17(20)14-15-19-11-6-7-13-21(19)22;1-3-7-5-6-8-4-2;2-1(3,4)8(5,6)7;/h1-16H;7-8H,3-6H2,1-2H3;(H,5,6,7);/p-1. The molecule has 213 valence electrons. The molecule has 0 fully saturated rings. The van der Waals surface area contributed by atoms with Crippen LogP contribution in [0.25, 0.3) is 0 Å². The molecule has 0 saturated carbocycles. The molecule has 0 atom stereocenters. The third-order valence-corrected chi connectivity index (χ3v) is 5.90. The van der Waals surface area contributed by atoms with E-state index in [1.54, 1.807) is 0 Å². The Hall–Kier alpha value is -2.10. The predicted octanol–water partition coefficient (Wildman–Crippen LogP) is 5.28. The SMILES string of the molecule is CCNCCNCC.O=S(=O)([O-])C(F)(F)F.[CH]1[CH]c2ccccc2[C](c2ccccc2)[CH]c2ccccc21.[Rh]. The van der Waals surface area contributed by atoms with Crippen LogP contribution in [0, 0.1) is 25.2 Å². The Labute approximate surface area is 243 Å². The minimum absolute atomic E-state index is 0. The number of hydrogen-bond donors (Lipinski definition) is 2. The van der Waals surface area contributed by atoms with Crippen molar-refractivity contribution in [3.05, 3.63) is 132 Å². The third kappa shape index (κ3) is 11.9. The smallest absolute Gasteiger partial charge is 0.485 e. The molecule has 1 aliphatic carbocycles. The fourth-order valence-electron chi connectivity index (χ4n) is 3.48. The van der Waals surface area contributed by atoms with E-state index in [0.29, 0.717) is 0 Å². The molecule has 1 aliphatic rings. The van der Waals surface area contributed by atoms with E-state index in [-0.39, 0.29) is 19.5 Å². The van der Waals surface area contributed by atoms with Crippen molar-refractivity contribution in [1.29, 1.82) is 0 Å². The van der Waals surface area contributed by atoms with Gasteiger partial charge >= 0.3 is 5.51 Å². The van der Waals surface area contributed by atoms with E-state index in [9.17, 15) is 13.2 Å². The number of benzene rings is 3. The van der Waals surface area contributed by atoms with Crippen molar-refractivity contribution in [2.45, 2.75) is 19.4 Å². The number of alkyl halides is 3. The van der Waals surface area contributed by atoms with Gasteiger partial charge in [0.1, 0.15) is 0 Å². The average molecular weight is 649 g/mol. The Morgan fingerprint density at radius 2 is 1.15 bits per heavy atom. The minimum Gasteiger partial charge on any atom is -0.741 e. The second-order valence-electron chi connectivity index (χ2n) is 8.08. The van der Waals surface area contributed by atoms with Gasteiger partial charge in [-0.05, 0) is 53.7 Å². The molecule has 0 saturated heterocycles. The molecule has 10 heteroatoms. The van der Waals surface area contributed by atoms with Crippen molar-refractivity contribution in [3.63, 3.8) is 0 Å². The van der Waals surface area contributed by atoms with Gasteiger partial charge in [-0.15, -0.1) is 0 Å². The quantitative estimate of drug-likeness (QED) is 0.165. The van der Waals surface area contributed by atoms with Crippen molar-refractivity contribution < 1.29 is 45.6 Å². The average Bonchev–Trinajstić information content (AvgIpc) is 2.88. The van der Waals surface area contributed by atoms with Crippen LogP contribution in [-0.4, -0.2) is 44.7 Å². The number of nitrogens with one attached hydrogen (secondary N) is 2. The molecule has 0 aromatic heterocycles. The van der Waals surface area contributed by atoms with Gasteiger partial charge in [0, 0.05) is 44.9 Å². The maximum absolute atomic E-state index is 10.7. The monoisotopic (exact) mass is 648 g/mol. The van der Waals surface area contributed by atoms with Crippen molar-refractivity contribution in [2.75, 3.05) is 26.2 Å². The summed E-state index contributed by atoms with van der Waals surface area (Å²) in [6, 6.07) is 27.7.